The van der Waals surface area contributed by atoms with E-state index in [-0.39, 0.29) is 24.3 Å². The summed E-state index contributed by atoms with van der Waals surface area (Å²) in [7, 11) is 0. The minimum atomic E-state index is -0.0960. The van der Waals surface area contributed by atoms with Crippen molar-refractivity contribution in [1.82, 2.24) is 10.2 Å². The number of piperazine rings is 1. The molecule has 0 aliphatic carbocycles. The summed E-state index contributed by atoms with van der Waals surface area (Å²) in [4.78, 5) is 2.39. The Hall–Kier alpha value is -0.160. The van der Waals surface area contributed by atoms with Crippen LogP contribution in [-0.4, -0.2) is 31.1 Å². The van der Waals surface area contributed by atoms with Crippen molar-refractivity contribution < 1.29 is 4.39 Å². The smallest absolute Gasteiger partial charge is 0.129 e. The molecule has 1 aliphatic heterocycles. The van der Waals surface area contributed by atoms with Gasteiger partial charge in [0.1, 0.15) is 5.82 Å². The maximum absolute atomic E-state index is 14.1. The van der Waals surface area contributed by atoms with Gasteiger partial charge in [-0.3, -0.25) is 4.90 Å². The van der Waals surface area contributed by atoms with Crippen LogP contribution in [0, 0.1) is 5.82 Å². The summed E-state index contributed by atoms with van der Waals surface area (Å²) in [6.45, 7) is 6.12. The maximum atomic E-state index is 14.1. The van der Waals surface area contributed by atoms with E-state index in [1.54, 1.807) is 12.1 Å². The van der Waals surface area contributed by atoms with E-state index in [0.29, 0.717) is 0 Å². The molecule has 2 rings (SSSR count). The third kappa shape index (κ3) is 4.15. The van der Waals surface area contributed by atoms with Crippen molar-refractivity contribution in [2.24, 2.45) is 0 Å². The molecule has 0 unspecified atom stereocenters. The van der Waals surface area contributed by atoms with Crippen molar-refractivity contribution in [3.05, 3.63) is 34.1 Å². The van der Waals surface area contributed by atoms with Crippen LogP contribution in [0.15, 0.2) is 22.7 Å². The van der Waals surface area contributed by atoms with E-state index in [1.807, 2.05) is 6.07 Å². The summed E-state index contributed by atoms with van der Waals surface area (Å²) >= 11 is 3.50. The van der Waals surface area contributed by atoms with Crippen LogP contribution in [0.3, 0.4) is 0 Å². The van der Waals surface area contributed by atoms with Gasteiger partial charge in [-0.1, -0.05) is 35.3 Å². The molecule has 0 amide bonds. The molecule has 1 N–H and O–H groups in total. The SMILES string of the molecule is CCC[C@@H](c1c(F)cccc1Br)N1CCNCC1.Cl. The fourth-order valence-corrected chi connectivity index (χ4v) is 3.21. The summed E-state index contributed by atoms with van der Waals surface area (Å²) < 4.78 is 15.0. The monoisotopic (exact) mass is 350 g/mol. The van der Waals surface area contributed by atoms with Crippen LogP contribution < -0.4 is 5.32 Å². The topological polar surface area (TPSA) is 15.3 Å². The Morgan fingerprint density at radius 3 is 2.63 bits per heavy atom. The van der Waals surface area contributed by atoms with E-state index in [4.69, 9.17) is 0 Å². The van der Waals surface area contributed by atoms with Gasteiger partial charge in [0.2, 0.25) is 0 Å². The molecule has 19 heavy (non-hydrogen) atoms. The molecule has 5 heteroatoms. The second-order valence-electron chi connectivity index (χ2n) is 4.73. The second-order valence-corrected chi connectivity index (χ2v) is 5.58. The lowest BCUT2D eigenvalue weighted by molar-refractivity contribution is 0.161. The van der Waals surface area contributed by atoms with E-state index < -0.39 is 0 Å². The second kappa shape index (κ2) is 8.20. The fourth-order valence-electron chi connectivity index (χ4n) is 2.61. The maximum Gasteiger partial charge on any atom is 0.129 e. The minimum absolute atomic E-state index is 0. The van der Waals surface area contributed by atoms with Crippen LogP contribution in [0.4, 0.5) is 4.39 Å². The highest BCUT2D eigenvalue weighted by Gasteiger charge is 2.25. The standard InChI is InChI=1S/C14H20BrFN2.ClH/c1-2-4-13(18-9-7-17-8-10-18)14-11(15)5-3-6-12(14)16;/h3,5-6,13,17H,2,4,7-10H2,1H3;1H/t13-;/m0./s1. The Bertz CT molecular complexity index is 377. The predicted molar refractivity (Wildman–Crippen MR) is 83.4 cm³/mol. The van der Waals surface area contributed by atoms with Gasteiger partial charge in [-0.15, -0.1) is 12.4 Å². The molecule has 0 radical (unpaired) electrons. The zero-order valence-electron chi connectivity index (χ0n) is 11.2. The normalized spacial score (nSPS) is 17.8. The van der Waals surface area contributed by atoms with Crippen LogP contribution in [-0.2, 0) is 0 Å². The summed E-state index contributed by atoms with van der Waals surface area (Å²) in [5.41, 5.74) is 0.821. The highest BCUT2D eigenvalue weighted by atomic mass is 79.9. The van der Waals surface area contributed by atoms with Gasteiger partial charge >= 0.3 is 0 Å². The van der Waals surface area contributed by atoms with Gasteiger partial charge in [-0.05, 0) is 18.6 Å². The molecule has 1 heterocycles. The van der Waals surface area contributed by atoms with Crippen LogP contribution >= 0.6 is 28.3 Å². The largest absolute Gasteiger partial charge is 0.314 e. The Kier molecular flexibility index (Phi) is 7.29. The van der Waals surface area contributed by atoms with E-state index in [9.17, 15) is 4.39 Å². The van der Waals surface area contributed by atoms with Crippen LogP contribution in [0.1, 0.15) is 31.4 Å². The molecule has 0 aromatic heterocycles. The summed E-state index contributed by atoms with van der Waals surface area (Å²) in [5, 5.41) is 3.35. The Morgan fingerprint density at radius 2 is 2.05 bits per heavy atom. The highest BCUT2D eigenvalue weighted by molar-refractivity contribution is 9.10. The first-order valence-corrected chi connectivity index (χ1v) is 7.42. The molecular weight excluding hydrogens is 331 g/mol. The molecule has 1 atom stereocenters. The van der Waals surface area contributed by atoms with Gasteiger partial charge in [-0.2, -0.15) is 0 Å². The van der Waals surface area contributed by atoms with Crippen molar-refractivity contribution in [1.29, 1.82) is 0 Å². The number of halogens is 3. The Balaban J connectivity index is 0.00000180. The highest BCUT2D eigenvalue weighted by Crippen LogP contribution is 2.33. The van der Waals surface area contributed by atoms with Crippen molar-refractivity contribution in [2.45, 2.75) is 25.8 Å². The molecule has 2 nitrogen and oxygen atoms in total. The molecule has 0 bridgehead atoms. The molecule has 0 saturated carbocycles. The van der Waals surface area contributed by atoms with E-state index in [2.05, 4.69) is 33.1 Å². The van der Waals surface area contributed by atoms with E-state index >= 15 is 0 Å². The van der Waals surface area contributed by atoms with Crippen molar-refractivity contribution >= 4 is 28.3 Å². The summed E-state index contributed by atoms with van der Waals surface area (Å²) in [6.07, 6.45) is 2.06. The molecule has 1 fully saturated rings. The lowest BCUT2D eigenvalue weighted by Gasteiger charge is -2.35. The Morgan fingerprint density at radius 1 is 1.37 bits per heavy atom. The number of hydrogen-bond acceptors (Lipinski definition) is 2. The van der Waals surface area contributed by atoms with E-state index in [0.717, 1.165) is 49.1 Å². The fraction of sp³-hybridized carbons (Fsp3) is 0.571. The molecule has 1 aromatic rings. The van der Waals surface area contributed by atoms with Crippen molar-refractivity contribution in [3.8, 4) is 0 Å². The van der Waals surface area contributed by atoms with Gasteiger partial charge in [0.15, 0.2) is 0 Å². The third-order valence-electron chi connectivity index (χ3n) is 3.49. The van der Waals surface area contributed by atoms with Gasteiger partial charge in [0.05, 0.1) is 0 Å². The van der Waals surface area contributed by atoms with E-state index in [1.165, 1.54) is 0 Å². The van der Waals surface area contributed by atoms with Crippen LogP contribution in [0.2, 0.25) is 0 Å². The first kappa shape index (κ1) is 16.9. The van der Waals surface area contributed by atoms with Gasteiger partial charge in [0, 0.05) is 42.3 Å². The lowest BCUT2D eigenvalue weighted by atomic mass is 9.99. The van der Waals surface area contributed by atoms with Crippen LogP contribution in [0.25, 0.3) is 0 Å². The first-order valence-electron chi connectivity index (χ1n) is 6.62. The summed E-state index contributed by atoms with van der Waals surface area (Å²) in [5.74, 6) is -0.0960. The molecule has 1 aromatic carbocycles. The zero-order valence-corrected chi connectivity index (χ0v) is 13.6. The number of rotatable bonds is 4. The molecule has 0 spiro atoms. The predicted octanol–water partition coefficient (Wildman–Crippen LogP) is 3.76. The molecule has 1 aliphatic rings. The van der Waals surface area contributed by atoms with Gasteiger partial charge in [-0.25, -0.2) is 4.39 Å². The number of nitrogens with zero attached hydrogens (tertiary/aromatic N) is 1. The Labute approximate surface area is 129 Å². The van der Waals surface area contributed by atoms with Crippen molar-refractivity contribution in [3.63, 3.8) is 0 Å². The summed E-state index contributed by atoms with van der Waals surface area (Å²) in [6, 6.07) is 5.44. The zero-order chi connectivity index (χ0) is 13.0. The number of benzene rings is 1. The number of hydrogen-bond donors (Lipinski definition) is 1. The number of nitrogens with one attached hydrogen (secondary N) is 1. The first-order chi connectivity index (χ1) is 8.74. The molecule has 1 saturated heterocycles. The molecular formula is C14H21BrClFN2. The van der Waals surface area contributed by atoms with Crippen LogP contribution in [0.5, 0.6) is 0 Å². The average molecular weight is 352 g/mol. The van der Waals surface area contributed by atoms with Gasteiger partial charge < -0.3 is 5.32 Å². The lowest BCUT2D eigenvalue weighted by Crippen LogP contribution is -2.45. The van der Waals surface area contributed by atoms with Crippen molar-refractivity contribution in [2.75, 3.05) is 26.2 Å². The quantitative estimate of drug-likeness (QED) is 0.888. The third-order valence-corrected chi connectivity index (χ3v) is 4.18. The van der Waals surface area contributed by atoms with Gasteiger partial charge in [0.25, 0.3) is 0 Å². The minimum Gasteiger partial charge on any atom is -0.314 e. The molecule has 108 valence electrons. The average Bonchev–Trinajstić information content (AvgIpc) is 2.38.